The van der Waals surface area contributed by atoms with Crippen molar-refractivity contribution < 1.29 is 13.6 Å². The van der Waals surface area contributed by atoms with Crippen LogP contribution in [-0.4, -0.2) is 25.5 Å². The maximum atomic E-state index is 14.5. The predicted octanol–water partition coefficient (Wildman–Crippen LogP) is 4.09. The first-order valence-electron chi connectivity index (χ1n) is 8.59. The second kappa shape index (κ2) is 9.10. The van der Waals surface area contributed by atoms with E-state index in [2.05, 4.69) is 10.6 Å². The van der Waals surface area contributed by atoms with Crippen LogP contribution in [0.2, 0.25) is 0 Å². The van der Waals surface area contributed by atoms with Crippen LogP contribution >= 0.6 is 12.4 Å². The van der Waals surface area contributed by atoms with Crippen LogP contribution in [0.25, 0.3) is 11.1 Å². The second-order valence-corrected chi connectivity index (χ2v) is 6.56. The molecule has 1 unspecified atom stereocenters. The fourth-order valence-electron chi connectivity index (χ4n) is 3.26. The molecule has 1 amide bonds. The summed E-state index contributed by atoms with van der Waals surface area (Å²) in [4.78, 5) is 12.2. The number of nitrogens with one attached hydrogen (secondary N) is 2. The van der Waals surface area contributed by atoms with Crippen molar-refractivity contribution in [2.45, 2.75) is 19.8 Å². The van der Waals surface area contributed by atoms with Crippen LogP contribution in [0.5, 0.6) is 0 Å². The van der Waals surface area contributed by atoms with E-state index in [9.17, 15) is 13.6 Å². The van der Waals surface area contributed by atoms with Gasteiger partial charge in [0.05, 0.1) is 0 Å². The number of carbonyl (C=O) groups is 1. The van der Waals surface area contributed by atoms with Gasteiger partial charge in [-0.3, -0.25) is 4.79 Å². The minimum Gasteiger partial charge on any atom is -0.352 e. The first kappa shape index (κ1) is 20.3. The maximum Gasteiger partial charge on any atom is 0.251 e. The molecule has 1 fully saturated rings. The van der Waals surface area contributed by atoms with E-state index in [1.54, 1.807) is 25.1 Å². The molecule has 0 aliphatic carbocycles. The van der Waals surface area contributed by atoms with Crippen molar-refractivity contribution in [2.75, 3.05) is 19.6 Å². The minimum absolute atomic E-state index is 0. The van der Waals surface area contributed by atoms with Crippen LogP contribution in [0.15, 0.2) is 36.4 Å². The van der Waals surface area contributed by atoms with Crippen LogP contribution in [0, 0.1) is 24.5 Å². The Labute approximate surface area is 158 Å². The van der Waals surface area contributed by atoms with Gasteiger partial charge in [-0.15, -0.1) is 12.4 Å². The lowest BCUT2D eigenvalue weighted by atomic mass is 9.98. The first-order valence-corrected chi connectivity index (χ1v) is 8.59. The predicted molar refractivity (Wildman–Crippen MR) is 102 cm³/mol. The average Bonchev–Trinajstić information content (AvgIpc) is 3.09. The van der Waals surface area contributed by atoms with Crippen LogP contribution in [0.4, 0.5) is 8.78 Å². The Kier molecular flexibility index (Phi) is 7.12. The van der Waals surface area contributed by atoms with Gasteiger partial charge < -0.3 is 10.6 Å². The van der Waals surface area contributed by atoms with Crippen LogP contribution < -0.4 is 10.6 Å². The molecule has 0 aromatic heterocycles. The highest BCUT2D eigenvalue weighted by molar-refractivity contribution is 5.94. The first-order chi connectivity index (χ1) is 12.0. The van der Waals surface area contributed by atoms with Gasteiger partial charge in [-0.2, -0.15) is 0 Å². The van der Waals surface area contributed by atoms with E-state index < -0.39 is 5.82 Å². The molecule has 2 N–H and O–H groups in total. The molecule has 1 atom stereocenters. The van der Waals surface area contributed by atoms with Gasteiger partial charge in [-0.1, -0.05) is 12.1 Å². The van der Waals surface area contributed by atoms with Crippen molar-refractivity contribution in [3.05, 3.63) is 59.2 Å². The summed E-state index contributed by atoms with van der Waals surface area (Å²) in [5.74, 6) is -0.509. The van der Waals surface area contributed by atoms with Gasteiger partial charge in [-0.05, 0) is 74.2 Å². The fraction of sp³-hybridized carbons (Fsp3) is 0.350. The molecule has 2 aromatic rings. The highest BCUT2D eigenvalue weighted by atomic mass is 35.5. The Morgan fingerprint density at radius 2 is 1.96 bits per heavy atom. The van der Waals surface area contributed by atoms with Gasteiger partial charge in [0.1, 0.15) is 11.6 Å². The van der Waals surface area contributed by atoms with Gasteiger partial charge in [0.15, 0.2) is 0 Å². The lowest BCUT2D eigenvalue weighted by molar-refractivity contribution is 0.0951. The molecule has 2 aromatic carbocycles. The topological polar surface area (TPSA) is 41.1 Å². The summed E-state index contributed by atoms with van der Waals surface area (Å²) in [7, 11) is 0. The smallest absolute Gasteiger partial charge is 0.251 e. The number of aryl methyl sites for hydroxylation is 1. The number of carbonyl (C=O) groups excluding carboxylic acids is 1. The van der Waals surface area contributed by atoms with Crippen molar-refractivity contribution in [1.82, 2.24) is 10.6 Å². The highest BCUT2D eigenvalue weighted by Crippen LogP contribution is 2.27. The molecule has 0 spiro atoms. The summed E-state index contributed by atoms with van der Waals surface area (Å²) in [6.45, 7) is 4.35. The summed E-state index contributed by atoms with van der Waals surface area (Å²) >= 11 is 0. The molecule has 3 rings (SSSR count). The summed E-state index contributed by atoms with van der Waals surface area (Å²) in [6.07, 6.45) is 2.06. The zero-order valence-corrected chi connectivity index (χ0v) is 15.5. The Hall–Kier alpha value is -1.98. The van der Waals surface area contributed by atoms with E-state index in [0.717, 1.165) is 25.9 Å². The molecule has 0 saturated carbocycles. The maximum absolute atomic E-state index is 14.5. The molecular weight excluding hydrogens is 358 g/mol. The third kappa shape index (κ3) is 4.80. The van der Waals surface area contributed by atoms with Gasteiger partial charge in [-0.25, -0.2) is 8.78 Å². The highest BCUT2D eigenvalue weighted by Gasteiger charge is 2.16. The molecule has 3 nitrogen and oxygen atoms in total. The van der Waals surface area contributed by atoms with Gasteiger partial charge >= 0.3 is 0 Å². The normalized spacial score (nSPS) is 16.2. The van der Waals surface area contributed by atoms with Crippen molar-refractivity contribution in [1.29, 1.82) is 0 Å². The number of hydrogen-bond donors (Lipinski definition) is 2. The summed E-state index contributed by atoms with van der Waals surface area (Å²) < 4.78 is 27.7. The number of halogens is 3. The molecular formula is C20H23ClF2N2O. The Morgan fingerprint density at radius 3 is 2.62 bits per heavy atom. The van der Waals surface area contributed by atoms with Gasteiger partial charge in [0, 0.05) is 17.7 Å². The zero-order valence-electron chi connectivity index (χ0n) is 14.6. The number of hydrogen-bond acceptors (Lipinski definition) is 2. The van der Waals surface area contributed by atoms with E-state index in [-0.39, 0.29) is 24.1 Å². The molecule has 1 heterocycles. The number of amides is 1. The fourth-order valence-corrected chi connectivity index (χ4v) is 3.26. The Balaban J connectivity index is 0.00000243. The molecule has 1 saturated heterocycles. The van der Waals surface area contributed by atoms with Gasteiger partial charge in [0.25, 0.3) is 5.91 Å². The summed E-state index contributed by atoms with van der Waals surface area (Å²) in [5.41, 5.74) is 1.94. The largest absolute Gasteiger partial charge is 0.352 e. The van der Waals surface area contributed by atoms with E-state index in [1.165, 1.54) is 18.2 Å². The third-order valence-electron chi connectivity index (χ3n) is 4.71. The SMILES string of the molecule is Cc1cc(F)ccc1-c1ccc(C(=O)NCCC2CCNC2)cc1F.Cl. The Morgan fingerprint density at radius 1 is 1.19 bits per heavy atom. The van der Waals surface area contributed by atoms with Gasteiger partial charge in [0.2, 0.25) is 0 Å². The molecule has 26 heavy (non-hydrogen) atoms. The summed E-state index contributed by atoms with van der Waals surface area (Å²) in [5, 5.41) is 6.14. The standard InChI is InChI=1S/C20H22F2N2O.ClH/c1-13-10-16(21)3-5-17(13)18-4-2-15(11-19(18)22)20(25)24-9-7-14-6-8-23-12-14;/h2-5,10-11,14,23H,6-9,12H2,1H3,(H,24,25);1H. The van der Waals surface area contributed by atoms with E-state index in [0.29, 0.717) is 34.7 Å². The molecule has 1 aliphatic rings. The third-order valence-corrected chi connectivity index (χ3v) is 4.71. The monoisotopic (exact) mass is 380 g/mol. The van der Waals surface area contributed by atoms with Crippen molar-refractivity contribution in [2.24, 2.45) is 5.92 Å². The second-order valence-electron chi connectivity index (χ2n) is 6.56. The van der Waals surface area contributed by atoms with Crippen molar-refractivity contribution in [3.63, 3.8) is 0 Å². The van der Waals surface area contributed by atoms with Crippen molar-refractivity contribution >= 4 is 18.3 Å². The zero-order chi connectivity index (χ0) is 17.8. The minimum atomic E-state index is -0.484. The van der Waals surface area contributed by atoms with Crippen molar-refractivity contribution in [3.8, 4) is 11.1 Å². The molecule has 1 aliphatic heterocycles. The number of benzene rings is 2. The van der Waals surface area contributed by atoms with Crippen LogP contribution in [-0.2, 0) is 0 Å². The average molecular weight is 381 g/mol. The van der Waals surface area contributed by atoms with E-state index in [1.807, 2.05) is 0 Å². The lowest BCUT2D eigenvalue weighted by Gasteiger charge is -2.11. The van der Waals surface area contributed by atoms with E-state index >= 15 is 0 Å². The van der Waals surface area contributed by atoms with E-state index in [4.69, 9.17) is 0 Å². The summed E-state index contributed by atoms with van der Waals surface area (Å²) in [6, 6.07) is 8.65. The molecule has 6 heteroatoms. The quantitative estimate of drug-likeness (QED) is 0.820. The van der Waals surface area contributed by atoms with Crippen LogP contribution in [0.3, 0.4) is 0 Å². The molecule has 0 radical (unpaired) electrons. The number of rotatable bonds is 5. The molecule has 0 bridgehead atoms. The van der Waals surface area contributed by atoms with Crippen LogP contribution in [0.1, 0.15) is 28.8 Å². The Bertz CT molecular complexity index is 776. The molecule has 140 valence electrons. The lowest BCUT2D eigenvalue weighted by Crippen LogP contribution is -2.26.